The van der Waals surface area contributed by atoms with Gasteiger partial charge in [0.15, 0.2) is 17.2 Å². The quantitative estimate of drug-likeness (QED) is 0.727. The zero-order valence-corrected chi connectivity index (χ0v) is 16.1. The third-order valence-corrected chi connectivity index (χ3v) is 6.59. The molecule has 3 saturated carbocycles. The maximum Gasteiger partial charge on any atom is 0.354 e. The van der Waals surface area contributed by atoms with E-state index >= 15 is 0 Å². The van der Waals surface area contributed by atoms with Gasteiger partial charge in [-0.3, -0.25) is 9.59 Å². The fraction of sp³-hybridized carbons (Fsp3) is 0.526. The molecule has 1 atom stereocenters. The first-order valence-electron chi connectivity index (χ1n) is 9.33. The highest BCUT2D eigenvalue weighted by atomic mass is 19.1. The number of halogens is 1. The number of carboxylic acid groups (broad SMARTS) is 1. The van der Waals surface area contributed by atoms with Crippen molar-refractivity contribution in [3.8, 4) is 0 Å². The van der Waals surface area contributed by atoms with Gasteiger partial charge in [0.1, 0.15) is 5.69 Å². The molecule has 9 nitrogen and oxygen atoms in total. The lowest BCUT2D eigenvalue weighted by molar-refractivity contribution is -0.178. The summed E-state index contributed by atoms with van der Waals surface area (Å²) in [5.74, 6) is -2.62. The number of carboxylic acids is 1. The molecule has 2 bridgehead atoms. The predicted molar refractivity (Wildman–Crippen MR) is 96.8 cm³/mol. The average Bonchev–Trinajstić information content (AvgIpc) is 3.05. The highest BCUT2D eigenvalue weighted by molar-refractivity contribution is 5.96. The third-order valence-electron chi connectivity index (χ3n) is 6.59. The standard InChI is InChI=1S/C19H21FN4O5/c1-18(3-4-19(17(28)29-2)6-10(18)7-19)9-21-15(25)13-5-12(16(26)27)23-14-11(20)8-22-24(13)14/h5,8,10H,3-4,6-7,9H2,1-2H3,(H,21,25)(H,26,27). The lowest BCUT2D eigenvalue weighted by atomic mass is 9.45. The number of carbonyl (C=O) groups excluding carboxylic acids is 2. The normalized spacial score (nSPS) is 27.9. The molecular formula is C19H21FN4O5. The first kappa shape index (κ1) is 19.3. The molecule has 2 heterocycles. The minimum Gasteiger partial charge on any atom is -0.477 e. The maximum absolute atomic E-state index is 13.8. The number of ether oxygens (including phenoxy) is 1. The smallest absolute Gasteiger partial charge is 0.354 e. The van der Waals surface area contributed by atoms with Crippen molar-refractivity contribution in [2.45, 2.75) is 32.6 Å². The van der Waals surface area contributed by atoms with Gasteiger partial charge in [-0.15, -0.1) is 0 Å². The van der Waals surface area contributed by atoms with Crippen molar-refractivity contribution in [1.82, 2.24) is 19.9 Å². The Morgan fingerprint density at radius 2 is 2.10 bits per heavy atom. The summed E-state index contributed by atoms with van der Waals surface area (Å²) in [7, 11) is 1.40. The van der Waals surface area contributed by atoms with E-state index in [-0.39, 0.29) is 34.1 Å². The maximum atomic E-state index is 13.8. The van der Waals surface area contributed by atoms with Crippen LogP contribution in [0.4, 0.5) is 4.39 Å². The van der Waals surface area contributed by atoms with E-state index in [0.717, 1.165) is 36.0 Å². The van der Waals surface area contributed by atoms with Crippen LogP contribution in [0.15, 0.2) is 12.3 Å². The molecule has 2 aromatic rings. The van der Waals surface area contributed by atoms with Crippen molar-refractivity contribution in [2.24, 2.45) is 16.7 Å². The van der Waals surface area contributed by atoms with Crippen LogP contribution in [0.3, 0.4) is 0 Å². The minimum atomic E-state index is -1.37. The van der Waals surface area contributed by atoms with E-state index in [4.69, 9.17) is 4.74 Å². The van der Waals surface area contributed by atoms with Gasteiger partial charge in [-0.2, -0.15) is 5.10 Å². The Balaban J connectivity index is 1.51. The van der Waals surface area contributed by atoms with Gasteiger partial charge < -0.3 is 15.2 Å². The molecule has 3 aliphatic rings. The first-order chi connectivity index (χ1) is 13.7. The predicted octanol–water partition coefficient (Wildman–Crippen LogP) is 1.67. The van der Waals surface area contributed by atoms with E-state index in [1.807, 2.05) is 0 Å². The Labute approximate surface area is 165 Å². The second kappa shape index (κ2) is 6.50. The fourth-order valence-corrected chi connectivity index (χ4v) is 4.61. The van der Waals surface area contributed by atoms with E-state index in [2.05, 4.69) is 22.3 Å². The molecule has 2 N–H and O–H groups in total. The van der Waals surface area contributed by atoms with Gasteiger partial charge in [0.25, 0.3) is 5.91 Å². The summed E-state index contributed by atoms with van der Waals surface area (Å²) in [4.78, 5) is 39.8. The lowest BCUT2D eigenvalue weighted by Crippen LogP contribution is -2.58. The topological polar surface area (TPSA) is 123 Å². The zero-order valence-electron chi connectivity index (χ0n) is 16.1. The summed E-state index contributed by atoms with van der Waals surface area (Å²) in [6.07, 6.45) is 3.82. The molecular weight excluding hydrogens is 383 g/mol. The number of nitrogens with zero attached hydrogens (tertiary/aromatic N) is 3. The zero-order chi connectivity index (χ0) is 21.0. The van der Waals surface area contributed by atoms with Crippen LogP contribution < -0.4 is 5.32 Å². The number of aromatic nitrogens is 3. The number of hydrogen-bond acceptors (Lipinski definition) is 6. The molecule has 3 aliphatic carbocycles. The van der Waals surface area contributed by atoms with Crippen molar-refractivity contribution < 1.29 is 28.6 Å². The molecule has 0 radical (unpaired) electrons. The molecule has 154 valence electrons. The van der Waals surface area contributed by atoms with Crippen LogP contribution in [-0.4, -0.2) is 51.2 Å². The first-order valence-corrected chi connectivity index (χ1v) is 9.33. The van der Waals surface area contributed by atoms with Gasteiger partial charge >= 0.3 is 11.9 Å². The van der Waals surface area contributed by atoms with Gasteiger partial charge in [-0.1, -0.05) is 6.92 Å². The summed E-state index contributed by atoms with van der Waals surface area (Å²) >= 11 is 0. The van der Waals surface area contributed by atoms with Crippen LogP contribution in [-0.2, 0) is 9.53 Å². The third kappa shape index (κ3) is 2.93. The van der Waals surface area contributed by atoms with Gasteiger partial charge in [0, 0.05) is 12.6 Å². The van der Waals surface area contributed by atoms with Crippen LogP contribution in [0, 0.1) is 22.6 Å². The molecule has 0 aliphatic heterocycles. The van der Waals surface area contributed by atoms with Gasteiger partial charge in [0.2, 0.25) is 0 Å². The second-order valence-corrected chi connectivity index (χ2v) is 8.27. The largest absolute Gasteiger partial charge is 0.477 e. The molecule has 5 rings (SSSR count). The molecule has 29 heavy (non-hydrogen) atoms. The number of methoxy groups -OCH3 is 1. The van der Waals surface area contributed by atoms with E-state index in [1.54, 1.807) is 0 Å². The number of hydrogen-bond donors (Lipinski definition) is 2. The highest BCUT2D eigenvalue weighted by Gasteiger charge is 2.60. The Hall–Kier alpha value is -3.04. The number of rotatable bonds is 5. The van der Waals surface area contributed by atoms with Crippen molar-refractivity contribution >= 4 is 23.5 Å². The average molecular weight is 404 g/mol. The molecule has 10 heteroatoms. The molecule has 2 aromatic heterocycles. The summed E-state index contributed by atoms with van der Waals surface area (Å²) in [6, 6.07) is 1.08. The number of amides is 1. The molecule has 0 saturated heterocycles. The molecule has 1 amide bonds. The van der Waals surface area contributed by atoms with Gasteiger partial charge in [-0.05, 0) is 37.0 Å². The number of esters is 1. The van der Waals surface area contributed by atoms with E-state index < -0.39 is 23.4 Å². The summed E-state index contributed by atoms with van der Waals surface area (Å²) in [5, 5.41) is 15.8. The lowest BCUT2D eigenvalue weighted by Gasteiger charge is -2.59. The van der Waals surface area contributed by atoms with Crippen LogP contribution in [0.5, 0.6) is 0 Å². The van der Waals surface area contributed by atoms with Crippen molar-refractivity contribution in [2.75, 3.05) is 13.7 Å². The van der Waals surface area contributed by atoms with E-state index in [9.17, 15) is 23.9 Å². The molecule has 3 fully saturated rings. The van der Waals surface area contributed by atoms with Crippen LogP contribution in [0.25, 0.3) is 5.65 Å². The number of fused-ring (bicyclic) bond motifs is 3. The summed E-state index contributed by atoms with van der Waals surface area (Å²) in [6.45, 7) is 2.42. The summed E-state index contributed by atoms with van der Waals surface area (Å²) in [5.41, 5.74) is -1.44. The number of nitrogens with one attached hydrogen (secondary N) is 1. The number of aromatic carboxylic acids is 1. The minimum absolute atomic E-state index is 0.103. The van der Waals surface area contributed by atoms with Crippen LogP contribution in [0.2, 0.25) is 0 Å². The van der Waals surface area contributed by atoms with Crippen LogP contribution in [0.1, 0.15) is 53.6 Å². The van der Waals surface area contributed by atoms with Crippen molar-refractivity contribution in [1.29, 1.82) is 0 Å². The Morgan fingerprint density at radius 1 is 1.38 bits per heavy atom. The molecule has 0 spiro atoms. The second-order valence-electron chi connectivity index (χ2n) is 8.27. The van der Waals surface area contributed by atoms with E-state index in [1.165, 1.54) is 7.11 Å². The van der Waals surface area contributed by atoms with Crippen molar-refractivity contribution in [3.05, 3.63) is 29.5 Å². The van der Waals surface area contributed by atoms with Crippen molar-refractivity contribution in [3.63, 3.8) is 0 Å². The molecule has 1 unspecified atom stereocenters. The van der Waals surface area contributed by atoms with Crippen LogP contribution >= 0.6 is 0 Å². The SMILES string of the molecule is COC(=O)C12CCC(C)(CNC(=O)c3cc(C(=O)O)nc4c(F)cnn34)C(C1)C2. The fourth-order valence-electron chi connectivity index (χ4n) is 4.61. The Bertz CT molecular complexity index is 1020. The Kier molecular flexibility index (Phi) is 4.32. The summed E-state index contributed by atoms with van der Waals surface area (Å²) < 4.78 is 19.8. The Morgan fingerprint density at radius 3 is 2.69 bits per heavy atom. The number of carbonyl (C=O) groups is 3. The molecule has 0 aromatic carbocycles. The van der Waals surface area contributed by atoms with Gasteiger partial charge in [0.05, 0.1) is 18.7 Å². The van der Waals surface area contributed by atoms with E-state index in [0.29, 0.717) is 13.0 Å². The van der Waals surface area contributed by atoms with Gasteiger partial charge in [-0.25, -0.2) is 18.7 Å². The monoisotopic (exact) mass is 404 g/mol. The highest BCUT2D eigenvalue weighted by Crippen LogP contribution is 2.63.